The molecular weight excluding hydrogens is 228 g/mol. The Morgan fingerprint density at radius 3 is 2.89 bits per heavy atom. The quantitative estimate of drug-likeness (QED) is 0.783. The zero-order valence-corrected chi connectivity index (χ0v) is 11.0. The molecule has 2 heterocycles. The molecule has 0 bridgehead atoms. The average molecular weight is 248 g/mol. The summed E-state index contributed by atoms with van der Waals surface area (Å²) < 4.78 is 3.12. The second kappa shape index (κ2) is 5.82. The highest BCUT2D eigenvalue weighted by Crippen LogP contribution is 1.97. The van der Waals surface area contributed by atoms with Crippen LogP contribution in [0, 0.1) is 0 Å². The van der Waals surface area contributed by atoms with E-state index in [1.807, 2.05) is 18.2 Å². The summed E-state index contributed by atoms with van der Waals surface area (Å²) in [7, 11) is 0. The predicted molar refractivity (Wildman–Crippen MR) is 71.8 cm³/mol. The molecule has 0 spiro atoms. The third-order valence-electron chi connectivity index (χ3n) is 2.84. The van der Waals surface area contributed by atoms with Crippen molar-refractivity contribution in [3.63, 3.8) is 0 Å². The Labute approximate surface area is 106 Å². The first-order chi connectivity index (χ1) is 8.68. The van der Waals surface area contributed by atoms with Crippen LogP contribution in [0.3, 0.4) is 0 Å². The fraction of sp³-hybridized carbons (Fsp3) is 0.538. The smallest absolute Gasteiger partial charge is 0.315 e. The van der Waals surface area contributed by atoms with Gasteiger partial charge in [0, 0.05) is 18.8 Å². The fourth-order valence-electron chi connectivity index (χ4n) is 1.89. The Hall–Kier alpha value is -1.62. The first-order valence-corrected chi connectivity index (χ1v) is 6.46. The molecule has 0 saturated heterocycles. The summed E-state index contributed by atoms with van der Waals surface area (Å²) in [6, 6.07) is 6.09. The van der Waals surface area contributed by atoms with Gasteiger partial charge in [0.15, 0.2) is 5.65 Å². The molecule has 0 atom stereocenters. The van der Waals surface area contributed by atoms with Crippen LogP contribution >= 0.6 is 0 Å². The molecule has 0 amide bonds. The van der Waals surface area contributed by atoms with Gasteiger partial charge in [-0.2, -0.15) is 0 Å². The van der Waals surface area contributed by atoms with Gasteiger partial charge >= 0.3 is 5.69 Å². The Morgan fingerprint density at radius 1 is 1.33 bits per heavy atom. The molecule has 5 nitrogen and oxygen atoms in total. The molecule has 0 aliphatic carbocycles. The highest BCUT2D eigenvalue weighted by Gasteiger charge is 2.04. The van der Waals surface area contributed by atoms with Crippen LogP contribution in [0.25, 0.3) is 5.65 Å². The number of hydrogen-bond donors (Lipinski definition) is 1. The maximum atomic E-state index is 11.9. The molecule has 98 valence electrons. The predicted octanol–water partition coefficient (Wildman–Crippen LogP) is 1.27. The van der Waals surface area contributed by atoms with Crippen molar-refractivity contribution in [3.05, 3.63) is 34.9 Å². The maximum Gasteiger partial charge on any atom is 0.350 e. The molecule has 0 saturated carbocycles. The van der Waals surface area contributed by atoms with Crippen molar-refractivity contribution in [1.29, 1.82) is 0 Å². The van der Waals surface area contributed by atoms with Crippen LogP contribution in [0.5, 0.6) is 0 Å². The van der Waals surface area contributed by atoms with Crippen molar-refractivity contribution in [2.24, 2.45) is 0 Å². The number of unbranched alkanes of at least 4 members (excludes halogenated alkanes) is 1. The molecule has 18 heavy (non-hydrogen) atoms. The fourth-order valence-corrected chi connectivity index (χ4v) is 1.89. The van der Waals surface area contributed by atoms with Gasteiger partial charge < -0.3 is 5.32 Å². The van der Waals surface area contributed by atoms with Crippen molar-refractivity contribution in [2.45, 2.75) is 39.3 Å². The topological polar surface area (TPSA) is 51.3 Å². The van der Waals surface area contributed by atoms with Crippen molar-refractivity contribution < 1.29 is 0 Å². The number of hydrogen-bond acceptors (Lipinski definition) is 3. The SMILES string of the molecule is CC(C)NCCCCn1nc2ccccn2c1=O. The highest BCUT2D eigenvalue weighted by atomic mass is 16.2. The summed E-state index contributed by atoms with van der Waals surface area (Å²) in [5.74, 6) is 0. The Bertz CT molecular complexity index is 555. The van der Waals surface area contributed by atoms with Crippen LogP contribution in [0.2, 0.25) is 0 Å². The van der Waals surface area contributed by atoms with E-state index in [1.165, 1.54) is 0 Å². The standard InChI is InChI=1S/C13H20N4O/c1-11(2)14-8-4-6-10-17-13(18)16-9-5-3-7-12(16)15-17/h3,5,7,9,11,14H,4,6,8,10H2,1-2H3. The van der Waals surface area contributed by atoms with Crippen molar-refractivity contribution in [1.82, 2.24) is 19.5 Å². The molecule has 2 aromatic heterocycles. The lowest BCUT2D eigenvalue weighted by atomic mass is 10.3. The van der Waals surface area contributed by atoms with Crippen molar-refractivity contribution >= 4 is 5.65 Å². The van der Waals surface area contributed by atoms with E-state index in [0.29, 0.717) is 18.2 Å². The van der Waals surface area contributed by atoms with Gasteiger partial charge in [0.1, 0.15) is 0 Å². The molecule has 0 aliphatic heterocycles. The van der Waals surface area contributed by atoms with E-state index in [-0.39, 0.29) is 5.69 Å². The number of nitrogens with zero attached hydrogens (tertiary/aromatic N) is 3. The molecular formula is C13H20N4O. The lowest BCUT2D eigenvalue weighted by Gasteiger charge is -2.06. The normalized spacial score (nSPS) is 11.5. The number of fused-ring (bicyclic) bond motifs is 1. The van der Waals surface area contributed by atoms with Crippen LogP contribution in [0.1, 0.15) is 26.7 Å². The minimum Gasteiger partial charge on any atom is -0.315 e. The molecule has 0 fully saturated rings. The summed E-state index contributed by atoms with van der Waals surface area (Å²) in [6.07, 6.45) is 3.77. The van der Waals surface area contributed by atoms with Crippen LogP contribution < -0.4 is 11.0 Å². The van der Waals surface area contributed by atoms with Gasteiger partial charge in [-0.05, 0) is 31.5 Å². The van der Waals surface area contributed by atoms with Crippen molar-refractivity contribution in [2.75, 3.05) is 6.54 Å². The largest absolute Gasteiger partial charge is 0.350 e. The zero-order chi connectivity index (χ0) is 13.0. The van der Waals surface area contributed by atoms with Crippen LogP contribution in [-0.4, -0.2) is 26.8 Å². The molecule has 0 aliphatic rings. The molecule has 0 aromatic carbocycles. The summed E-state index contributed by atoms with van der Waals surface area (Å²) in [6.45, 7) is 5.93. The van der Waals surface area contributed by atoms with Gasteiger partial charge in [-0.1, -0.05) is 19.9 Å². The second-order valence-electron chi connectivity index (χ2n) is 4.75. The molecule has 0 radical (unpaired) electrons. The van der Waals surface area contributed by atoms with Gasteiger partial charge in [0.05, 0.1) is 0 Å². The monoisotopic (exact) mass is 248 g/mol. The van der Waals surface area contributed by atoms with Gasteiger partial charge in [-0.3, -0.25) is 4.40 Å². The van der Waals surface area contributed by atoms with E-state index < -0.39 is 0 Å². The number of rotatable bonds is 6. The number of aromatic nitrogens is 3. The van der Waals surface area contributed by atoms with Crippen LogP contribution in [0.15, 0.2) is 29.2 Å². The zero-order valence-electron chi connectivity index (χ0n) is 11.0. The van der Waals surface area contributed by atoms with Crippen LogP contribution in [0.4, 0.5) is 0 Å². The van der Waals surface area contributed by atoms with E-state index in [9.17, 15) is 4.79 Å². The Kier molecular flexibility index (Phi) is 4.15. The van der Waals surface area contributed by atoms with Crippen LogP contribution in [-0.2, 0) is 6.54 Å². The third kappa shape index (κ3) is 2.98. The van der Waals surface area contributed by atoms with E-state index in [0.717, 1.165) is 19.4 Å². The van der Waals surface area contributed by atoms with E-state index >= 15 is 0 Å². The maximum absolute atomic E-state index is 11.9. The summed E-state index contributed by atoms with van der Waals surface area (Å²) >= 11 is 0. The number of aryl methyl sites for hydroxylation is 1. The summed E-state index contributed by atoms with van der Waals surface area (Å²) in [5, 5.41) is 7.65. The van der Waals surface area contributed by atoms with E-state index in [2.05, 4.69) is 24.3 Å². The number of pyridine rings is 1. The Morgan fingerprint density at radius 2 is 2.17 bits per heavy atom. The first-order valence-electron chi connectivity index (χ1n) is 6.46. The van der Waals surface area contributed by atoms with E-state index in [4.69, 9.17) is 0 Å². The van der Waals surface area contributed by atoms with Crippen molar-refractivity contribution in [3.8, 4) is 0 Å². The number of nitrogens with one attached hydrogen (secondary N) is 1. The highest BCUT2D eigenvalue weighted by molar-refractivity contribution is 5.35. The lowest BCUT2D eigenvalue weighted by Crippen LogP contribution is -2.25. The molecule has 5 heteroatoms. The van der Waals surface area contributed by atoms with E-state index in [1.54, 1.807) is 15.3 Å². The van der Waals surface area contributed by atoms with Gasteiger partial charge in [0.25, 0.3) is 0 Å². The van der Waals surface area contributed by atoms with Gasteiger partial charge in [0.2, 0.25) is 0 Å². The molecule has 2 rings (SSSR count). The Balaban J connectivity index is 1.92. The lowest BCUT2D eigenvalue weighted by molar-refractivity contribution is 0.504. The summed E-state index contributed by atoms with van der Waals surface area (Å²) in [5.41, 5.74) is 0.658. The summed E-state index contributed by atoms with van der Waals surface area (Å²) in [4.78, 5) is 11.9. The third-order valence-corrected chi connectivity index (χ3v) is 2.84. The minimum atomic E-state index is -0.0533. The molecule has 1 N–H and O–H groups in total. The van der Waals surface area contributed by atoms with Gasteiger partial charge in [-0.15, -0.1) is 5.10 Å². The average Bonchev–Trinajstić information content (AvgIpc) is 2.66. The molecule has 0 unspecified atom stereocenters. The molecule has 2 aromatic rings. The minimum absolute atomic E-state index is 0.0533. The second-order valence-corrected chi connectivity index (χ2v) is 4.75. The van der Waals surface area contributed by atoms with Gasteiger partial charge in [-0.25, -0.2) is 9.48 Å². The first kappa shape index (κ1) is 12.8.